The minimum atomic E-state index is -4.54. The summed E-state index contributed by atoms with van der Waals surface area (Å²) in [4.78, 5) is 0. The molecule has 1 aromatic carbocycles. The van der Waals surface area contributed by atoms with E-state index in [-0.39, 0.29) is 12.1 Å². The highest BCUT2D eigenvalue weighted by atomic mass is 19.4. The maximum atomic E-state index is 13.2. The average molecular weight is 293 g/mol. The predicted octanol–water partition coefficient (Wildman–Crippen LogP) is 3.75. The van der Waals surface area contributed by atoms with Gasteiger partial charge in [-0.05, 0) is 44.5 Å². The maximum absolute atomic E-state index is 13.2. The molecule has 1 N–H and O–H groups in total. The fraction of sp³-hybridized carbons (Fsp3) is 0.571. The Kier molecular flexibility index (Phi) is 5.53. The van der Waals surface area contributed by atoms with Crippen LogP contribution < -0.4 is 5.32 Å². The van der Waals surface area contributed by atoms with Gasteiger partial charge >= 0.3 is 6.18 Å². The van der Waals surface area contributed by atoms with Crippen LogP contribution >= 0.6 is 0 Å². The van der Waals surface area contributed by atoms with Crippen molar-refractivity contribution in [2.75, 3.05) is 13.2 Å². The first-order chi connectivity index (χ1) is 9.14. The number of hydrogen-bond acceptors (Lipinski definition) is 2. The van der Waals surface area contributed by atoms with E-state index < -0.39 is 23.2 Å². The van der Waals surface area contributed by atoms with Crippen molar-refractivity contribution < 1.29 is 22.3 Å². The van der Waals surface area contributed by atoms with Gasteiger partial charge in [-0.1, -0.05) is 0 Å². The number of halogens is 4. The molecule has 1 rings (SSSR count). The second-order valence-corrected chi connectivity index (χ2v) is 5.14. The van der Waals surface area contributed by atoms with Gasteiger partial charge < -0.3 is 10.1 Å². The lowest BCUT2D eigenvalue weighted by molar-refractivity contribution is -0.137. The lowest BCUT2D eigenvalue weighted by atomic mass is 10.1. The molecule has 0 unspecified atom stereocenters. The smallest absolute Gasteiger partial charge is 0.375 e. The molecule has 0 atom stereocenters. The largest absolute Gasteiger partial charge is 0.416 e. The highest BCUT2D eigenvalue weighted by Gasteiger charge is 2.31. The number of rotatable bonds is 6. The van der Waals surface area contributed by atoms with Gasteiger partial charge in [0.2, 0.25) is 0 Å². The summed E-state index contributed by atoms with van der Waals surface area (Å²) in [6.45, 7) is 6.76. The zero-order valence-electron chi connectivity index (χ0n) is 11.8. The van der Waals surface area contributed by atoms with Gasteiger partial charge in [-0.25, -0.2) is 4.39 Å². The first-order valence-electron chi connectivity index (χ1n) is 6.35. The highest BCUT2D eigenvalue weighted by molar-refractivity contribution is 5.26. The molecular formula is C14H19F4NO. The van der Waals surface area contributed by atoms with Gasteiger partial charge in [0.05, 0.1) is 11.2 Å². The van der Waals surface area contributed by atoms with E-state index in [2.05, 4.69) is 5.32 Å². The minimum absolute atomic E-state index is 0.150. The molecule has 0 aromatic heterocycles. The SMILES string of the molecule is CCOC(C)(C)CNCc1cc(F)cc(C(F)(F)F)c1. The molecule has 0 aliphatic heterocycles. The van der Waals surface area contributed by atoms with Gasteiger partial charge in [-0.15, -0.1) is 0 Å². The first kappa shape index (κ1) is 16.9. The van der Waals surface area contributed by atoms with Crippen LogP contribution in [0.5, 0.6) is 0 Å². The molecule has 6 heteroatoms. The molecular weight excluding hydrogens is 274 g/mol. The Bertz CT molecular complexity index is 443. The van der Waals surface area contributed by atoms with Crippen LogP contribution in [0.15, 0.2) is 18.2 Å². The quantitative estimate of drug-likeness (QED) is 0.807. The third-order valence-electron chi connectivity index (χ3n) is 2.70. The van der Waals surface area contributed by atoms with Crippen molar-refractivity contribution in [3.63, 3.8) is 0 Å². The van der Waals surface area contributed by atoms with E-state index in [9.17, 15) is 17.6 Å². The average Bonchev–Trinajstić information content (AvgIpc) is 2.26. The zero-order chi connectivity index (χ0) is 15.4. The van der Waals surface area contributed by atoms with Crippen molar-refractivity contribution >= 4 is 0 Å². The van der Waals surface area contributed by atoms with E-state index in [0.717, 1.165) is 12.1 Å². The van der Waals surface area contributed by atoms with Gasteiger partial charge in [-0.3, -0.25) is 0 Å². The van der Waals surface area contributed by atoms with Crippen LogP contribution in [0.4, 0.5) is 17.6 Å². The van der Waals surface area contributed by atoms with E-state index in [4.69, 9.17) is 4.74 Å². The summed E-state index contributed by atoms with van der Waals surface area (Å²) in [5.74, 6) is -0.888. The molecule has 114 valence electrons. The monoisotopic (exact) mass is 293 g/mol. The van der Waals surface area contributed by atoms with Crippen molar-refractivity contribution in [1.29, 1.82) is 0 Å². The number of nitrogens with one attached hydrogen (secondary N) is 1. The molecule has 0 aliphatic carbocycles. The van der Waals surface area contributed by atoms with Crippen LogP contribution in [0, 0.1) is 5.82 Å². The van der Waals surface area contributed by atoms with Crippen LogP contribution in [-0.2, 0) is 17.5 Å². The fourth-order valence-corrected chi connectivity index (χ4v) is 1.87. The Morgan fingerprint density at radius 1 is 1.15 bits per heavy atom. The zero-order valence-corrected chi connectivity index (χ0v) is 11.8. The first-order valence-corrected chi connectivity index (χ1v) is 6.35. The van der Waals surface area contributed by atoms with Crippen molar-refractivity contribution in [1.82, 2.24) is 5.32 Å². The summed E-state index contributed by atoms with van der Waals surface area (Å²) < 4.78 is 56.3. The predicted molar refractivity (Wildman–Crippen MR) is 68.8 cm³/mol. The molecule has 0 heterocycles. The Balaban J connectivity index is 2.67. The summed E-state index contributed by atoms with van der Waals surface area (Å²) in [5, 5.41) is 2.97. The number of hydrogen-bond donors (Lipinski definition) is 1. The Labute approximate surface area is 116 Å². The number of ether oxygens (including phenoxy) is 1. The molecule has 0 radical (unpaired) electrons. The summed E-state index contributed by atoms with van der Waals surface area (Å²) in [7, 11) is 0. The highest BCUT2D eigenvalue weighted by Crippen LogP contribution is 2.30. The van der Waals surface area contributed by atoms with Crippen LogP contribution in [-0.4, -0.2) is 18.8 Å². The van der Waals surface area contributed by atoms with Crippen LogP contribution in [0.2, 0.25) is 0 Å². The van der Waals surface area contributed by atoms with Crippen molar-refractivity contribution in [3.8, 4) is 0 Å². The molecule has 1 aromatic rings. The van der Waals surface area contributed by atoms with Gasteiger partial charge in [0.1, 0.15) is 5.82 Å². The third-order valence-corrected chi connectivity index (χ3v) is 2.70. The Hall–Kier alpha value is -1.14. The molecule has 0 aliphatic rings. The van der Waals surface area contributed by atoms with E-state index in [0.29, 0.717) is 19.2 Å². The lowest BCUT2D eigenvalue weighted by Crippen LogP contribution is -2.37. The van der Waals surface area contributed by atoms with Crippen LogP contribution in [0.1, 0.15) is 31.9 Å². The van der Waals surface area contributed by atoms with E-state index in [1.165, 1.54) is 0 Å². The fourth-order valence-electron chi connectivity index (χ4n) is 1.87. The van der Waals surface area contributed by atoms with Gasteiger partial charge in [0.15, 0.2) is 0 Å². The second-order valence-electron chi connectivity index (χ2n) is 5.14. The molecule has 0 amide bonds. The van der Waals surface area contributed by atoms with Crippen molar-refractivity contribution in [3.05, 3.63) is 35.1 Å². The number of benzene rings is 1. The molecule has 0 bridgehead atoms. The third kappa shape index (κ3) is 5.46. The van der Waals surface area contributed by atoms with Crippen LogP contribution in [0.25, 0.3) is 0 Å². The van der Waals surface area contributed by atoms with E-state index in [1.807, 2.05) is 20.8 Å². The van der Waals surface area contributed by atoms with E-state index in [1.54, 1.807) is 0 Å². The summed E-state index contributed by atoms with van der Waals surface area (Å²) >= 11 is 0. The summed E-state index contributed by atoms with van der Waals surface area (Å²) in [6.07, 6.45) is -4.54. The Morgan fingerprint density at radius 3 is 2.35 bits per heavy atom. The Morgan fingerprint density at radius 2 is 1.80 bits per heavy atom. The topological polar surface area (TPSA) is 21.3 Å². The molecule has 0 saturated carbocycles. The maximum Gasteiger partial charge on any atom is 0.416 e. The van der Waals surface area contributed by atoms with Crippen molar-refractivity contribution in [2.24, 2.45) is 0 Å². The van der Waals surface area contributed by atoms with Crippen LogP contribution in [0.3, 0.4) is 0 Å². The molecule has 20 heavy (non-hydrogen) atoms. The van der Waals surface area contributed by atoms with Gasteiger partial charge in [0.25, 0.3) is 0 Å². The number of alkyl halides is 3. The van der Waals surface area contributed by atoms with Crippen molar-refractivity contribution in [2.45, 2.75) is 39.1 Å². The summed E-state index contributed by atoms with van der Waals surface area (Å²) in [6, 6.07) is 2.54. The molecule has 0 fully saturated rings. The molecule has 2 nitrogen and oxygen atoms in total. The van der Waals surface area contributed by atoms with Gasteiger partial charge in [0, 0.05) is 19.7 Å². The second kappa shape index (κ2) is 6.54. The standard InChI is InChI=1S/C14H19F4NO/c1-4-20-13(2,3)9-19-8-10-5-11(14(16,17)18)7-12(15)6-10/h5-7,19H,4,8-9H2,1-3H3. The molecule has 0 spiro atoms. The van der Waals surface area contributed by atoms with Gasteiger partial charge in [-0.2, -0.15) is 13.2 Å². The summed E-state index contributed by atoms with van der Waals surface area (Å²) in [5.41, 5.74) is -1.14. The normalized spacial score (nSPS) is 12.8. The van der Waals surface area contributed by atoms with E-state index >= 15 is 0 Å². The minimum Gasteiger partial charge on any atom is -0.375 e. The lowest BCUT2D eigenvalue weighted by Gasteiger charge is -2.25. The molecule has 0 saturated heterocycles.